The molecule has 9 atom stereocenters. The second-order valence-corrected chi connectivity index (χ2v) is 10.6. The smallest absolute Gasteiger partial charge is 0.303 e. The van der Waals surface area contributed by atoms with E-state index in [4.69, 9.17) is 19.6 Å². The number of carboxylic acids is 1. The average molecular weight is 392 g/mol. The van der Waals surface area contributed by atoms with E-state index in [0.717, 1.165) is 25.7 Å². The van der Waals surface area contributed by atoms with E-state index < -0.39 is 23.0 Å². The summed E-state index contributed by atoms with van der Waals surface area (Å²) in [6.07, 6.45) is 11.0. The molecule has 0 aromatic heterocycles. The van der Waals surface area contributed by atoms with Crippen molar-refractivity contribution < 1.29 is 29.5 Å². The van der Waals surface area contributed by atoms with Crippen molar-refractivity contribution in [2.75, 3.05) is 0 Å². The number of aliphatic hydroxyl groups is 1. The molecule has 9 unspecified atom stereocenters. The number of aliphatic carboxylic acids is 1. The van der Waals surface area contributed by atoms with Gasteiger partial charge in [0.2, 0.25) is 0 Å². The molecule has 6 fully saturated rings. The van der Waals surface area contributed by atoms with E-state index >= 15 is 0 Å². The Bertz CT molecular complexity index is 711. The Morgan fingerprint density at radius 2 is 1.96 bits per heavy atom. The fourth-order valence-corrected chi connectivity index (χ4v) is 8.91. The molecule has 0 bridgehead atoms. The third-order valence-electron chi connectivity index (χ3n) is 10.0. The fraction of sp³-hybridized carbons (Fsp3) is 0.955. The minimum atomic E-state index is -1.40. The molecule has 0 aromatic rings. The van der Waals surface area contributed by atoms with Crippen LogP contribution in [0, 0.1) is 35.0 Å². The third-order valence-corrected chi connectivity index (χ3v) is 10.0. The second kappa shape index (κ2) is 5.51. The molecule has 6 aliphatic rings. The van der Waals surface area contributed by atoms with Crippen LogP contribution in [-0.2, 0) is 19.3 Å². The Labute approximate surface area is 165 Å². The normalized spacial score (nSPS) is 58.4. The first-order valence-electron chi connectivity index (χ1n) is 11.4. The molecule has 156 valence electrons. The summed E-state index contributed by atoms with van der Waals surface area (Å²) in [6.45, 7) is 2.16. The molecule has 0 aromatic carbocycles. The van der Waals surface area contributed by atoms with Gasteiger partial charge in [-0.05, 0) is 75.0 Å². The van der Waals surface area contributed by atoms with Crippen molar-refractivity contribution >= 4 is 5.97 Å². The number of fused-ring (bicyclic) bond motifs is 3. The maximum Gasteiger partial charge on any atom is 0.303 e. The van der Waals surface area contributed by atoms with Crippen LogP contribution in [0.4, 0.5) is 0 Å². The predicted octanol–water partition coefficient (Wildman–Crippen LogP) is 3.62. The zero-order chi connectivity index (χ0) is 19.4. The van der Waals surface area contributed by atoms with E-state index in [1.165, 1.54) is 32.1 Å². The van der Waals surface area contributed by atoms with Gasteiger partial charge >= 0.3 is 5.97 Å². The van der Waals surface area contributed by atoms with Gasteiger partial charge < -0.3 is 14.9 Å². The van der Waals surface area contributed by atoms with Crippen LogP contribution in [0.15, 0.2) is 0 Å². The first-order chi connectivity index (χ1) is 13.4. The molecule has 6 heteroatoms. The van der Waals surface area contributed by atoms with Gasteiger partial charge in [0.25, 0.3) is 11.6 Å². The van der Waals surface area contributed by atoms with Gasteiger partial charge in [0.05, 0.1) is 11.5 Å². The number of ether oxygens (including phenoxy) is 1. The largest absolute Gasteiger partial charge is 0.481 e. The van der Waals surface area contributed by atoms with Gasteiger partial charge in [0.15, 0.2) is 0 Å². The van der Waals surface area contributed by atoms with Crippen molar-refractivity contribution in [2.45, 2.75) is 94.7 Å². The van der Waals surface area contributed by atoms with E-state index in [9.17, 15) is 9.90 Å². The molecule has 2 aliphatic heterocycles. The Kier molecular flexibility index (Phi) is 3.56. The Morgan fingerprint density at radius 1 is 1.11 bits per heavy atom. The Morgan fingerprint density at radius 3 is 2.71 bits per heavy atom. The van der Waals surface area contributed by atoms with E-state index in [2.05, 4.69) is 6.92 Å². The average Bonchev–Trinajstić information content (AvgIpc) is 2.98. The highest BCUT2D eigenvalue weighted by atomic mass is 17.3. The number of hydrogen-bond acceptors (Lipinski definition) is 5. The van der Waals surface area contributed by atoms with Crippen LogP contribution < -0.4 is 0 Å². The number of carbonyl (C=O) groups is 1. The van der Waals surface area contributed by atoms with Crippen LogP contribution in [-0.4, -0.2) is 33.4 Å². The van der Waals surface area contributed by atoms with E-state index in [1.807, 2.05) is 0 Å². The zero-order valence-corrected chi connectivity index (χ0v) is 16.7. The van der Waals surface area contributed by atoms with Crippen molar-refractivity contribution in [1.82, 2.24) is 0 Å². The third kappa shape index (κ3) is 1.76. The van der Waals surface area contributed by atoms with E-state index in [1.54, 1.807) is 0 Å². The first-order valence-corrected chi connectivity index (χ1v) is 11.4. The van der Waals surface area contributed by atoms with Gasteiger partial charge in [-0.15, -0.1) is 0 Å². The lowest BCUT2D eigenvalue weighted by Crippen LogP contribution is -2.94. The fourth-order valence-electron chi connectivity index (χ4n) is 8.91. The molecule has 2 N–H and O–H groups in total. The second-order valence-electron chi connectivity index (χ2n) is 10.6. The maximum atomic E-state index is 11.9. The molecule has 0 radical (unpaired) electrons. The summed E-state index contributed by atoms with van der Waals surface area (Å²) in [7, 11) is 0. The number of hydrogen-bond donors (Lipinski definition) is 2. The highest BCUT2D eigenvalue weighted by molar-refractivity contribution is 5.66. The van der Waals surface area contributed by atoms with Crippen molar-refractivity contribution in [2.24, 2.45) is 35.0 Å². The Hall–Kier alpha value is -0.690. The number of carboxylic acid groups (broad SMARTS) is 1. The molecule has 0 amide bonds. The standard InChI is InChI=1S/C22H32O6/c1-19-13(6-4-7-17(23)24)9-11-16(19)15-10-8-14-5-2-3-12-20(14)18(15)21(26-20)22(19,25)28-27-21/h13-16,18,25H,2-12H2,1H3,(H,23,24). The van der Waals surface area contributed by atoms with Gasteiger partial charge in [-0.1, -0.05) is 19.8 Å². The highest BCUT2D eigenvalue weighted by Gasteiger charge is 2.92. The van der Waals surface area contributed by atoms with Crippen LogP contribution in [0.25, 0.3) is 0 Å². The molecule has 2 heterocycles. The van der Waals surface area contributed by atoms with Crippen molar-refractivity contribution in [3.05, 3.63) is 0 Å². The lowest BCUT2D eigenvalue weighted by atomic mass is 9.40. The SMILES string of the molecule is CC12C(CCCC(=O)O)CCC1C1CCC3CCCCC34OC3(OOC32O)C14. The van der Waals surface area contributed by atoms with Crippen LogP contribution in [0.2, 0.25) is 0 Å². The minimum absolute atomic E-state index is 0.109. The molecule has 4 aliphatic carbocycles. The lowest BCUT2D eigenvalue weighted by molar-refractivity contribution is -0.748. The molecular formula is C22H32O6. The Balaban J connectivity index is 1.36. The van der Waals surface area contributed by atoms with Crippen LogP contribution in [0.3, 0.4) is 0 Å². The molecule has 2 saturated heterocycles. The van der Waals surface area contributed by atoms with Gasteiger partial charge in [-0.25, -0.2) is 0 Å². The summed E-state index contributed by atoms with van der Waals surface area (Å²) in [5.74, 6) is -1.14. The van der Waals surface area contributed by atoms with Crippen molar-refractivity contribution in [3.8, 4) is 0 Å². The van der Waals surface area contributed by atoms with Gasteiger partial charge in [-0.2, -0.15) is 9.78 Å². The number of rotatable bonds is 4. The van der Waals surface area contributed by atoms with Gasteiger partial charge in [0.1, 0.15) is 0 Å². The topological polar surface area (TPSA) is 85.2 Å². The summed E-state index contributed by atoms with van der Waals surface area (Å²) in [6, 6.07) is 0. The summed E-state index contributed by atoms with van der Waals surface area (Å²) >= 11 is 0. The summed E-state index contributed by atoms with van der Waals surface area (Å²) < 4.78 is 6.67. The monoisotopic (exact) mass is 392 g/mol. The lowest BCUT2D eigenvalue weighted by Gasteiger charge is -2.80. The first kappa shape index (κ1) is 18.1. The van der Waals surface area contributed by atoms with Crippen LogP contribution in [0.1, 0.15) is 77.6 Å². The van der Waals surface area contributed by atoms with Crippen molar-refractivity contribution in [1.29, 1.82) is 0 Å². The predicted molar refractivity (Wildman–Crippen MR) is 97.6 cm³/mol. The van der Waals surface area contributed by atoms with Crippen LogP contribution >= 0.6 is 0 Å². The van der Waals surface area contributed by atoms with Gasteiger partial charge in [-0.3, -0.25) is 4.79 Å². The zero-order valence-electron chi connectivity index (χ0n) is 16.7. The van der Waals surface area contributed by atoms with Crippen LogP contribution in [0.5, 0.6) is 0 Å². The summed E-state index contributed by atoms with van der Waals surface area (Å²) in [4.78, 5) is 22.3. The molecule has 28 heavy (non-hydrogen) atoms. The highest BCUT2D eigenvalue weighted by Crippen LogP contribution is 2.80. The quantitative estimate of drug-likeness (QED) is 0.711. The van der Waals surface area contributed by atoms with Crippen molar-refractivity contribution in [3.63, 3.8) is 0 Å². The molecule has 6 rings (SSSR count). The minimum Gasteiger partial charge on any atom is -0.481 e. The van der Waals surface area contributed by atoms with E-state index in [0.29, 0.717) is 24.2 Å². The van der Waals surface area contributed by atoms with E-state index in [-0.39, 0.29) is 23.9 Å². The molecular weight excluding hydrogens is 360 g/mol. The molecule has 6 nitrogen and oxygen atoms in total. The van der Waals surface area contributed by atoms with Gasteiger partial charge in [0, 0.05) is 11.8 Å². The maximum absolute atomic E-state index is 11.9. The summed E-state index contributed by atoms with van der Waals surface area (Å²) in [5.41, 5.74) is -0.546. The molecule has 2 spiro atoms. The molecule has 4 saturated carbocycles. The summed E-state index contributed by atoms with van der Waals surface area (Å²) in [5, 5.41) is 20.9.